The van der Waals surface area contributed by atoms with Crippen molar-refractivity contribution in [2.45, 2.75) is 11.8 Å². The maximum Gasteiger partial charge on any atom is 0.257 e. The molecule has 0 unspecified atom stereocenters. The second-order valence-electron chi connectivity index (χ2n) is 2.38. The van der Waals surface area contributed by atoms with Crippen molar-refractivity contribution in [1.29, 1.82) is 0 Å². The third-order valence-electron chi connectivity index (χ3n) is 1.44. The van der Waals surface area contributed by atoms with E-state index >= 15 is 0 Å². The van der Waals surface area contributed by atoms with Crippen LogP contribution in [-0.4, -0.2) is 15.0 Å². The predicted octanol–water partition coefficient (Wildman–Crippen LogP) is 1.06. The van der Waals surface area contributed by atoms with E-state index in [1.807, 2.05) is 0 Å². The van der Waals surface area contributed by atoms with Crippen molar-refractivity contribution in [3.05, 3.63) is 24.3 Å². The SMILES string of the molecule is CCOc1ccccc1S([NH])(=O)=O. The fourth-order valence-electron chi connectivity index (χ4n) is 0.947. The van der Waals surface area contributed by atoms with Crippen LogP contribution < -0.4 is 9.88 Å². The highest BCUT2D eigenvalue weighted by Gasteiger charge is 2.14. The minimum Gasteiger partial charge on any atom is -0.492 e. The van der Waals surface area contributed by atoms with Crippen LogP contribution in [0.3, 0.4) is 0 Å². The number of para-hydroxylation sites is 1. The van der Waals surface area contributed by atoms with Crippen LogP contribution in [0.1, 0.15) is 6.92 Å². The Morgan fingerprint density at radius 3 is 2.54 bits per heavy atom. The summed E-state index contributed by atoms with van der Waals surface area (Å²) in [5, 5.41) is 6.88. The molecule has 0 atom stereocenters. The van der Waals surface area contributed by atoms with Gasteiger partial charge in [-0.05, 0) is 19.1 Å². The monoisotopic (exact) mass is 200 g/mol. The summed E-state index contributed by atoms with van der Waals surface area (Å²) in [6.07, 6.45) is 0. The Morgan fingerprint density at radius 1 is 1.38 bits per heavy atom. The van der Waals surface area contributed by atoms with Gasteiger partial charge in [0.25, 0.3) is 10.0 Å². The molecule has 0 amide bonds. The number of hydrogen-bond acceptors (Lipinski definition) is 3. The van der Waals surface area contributed by atoms with E-state index in [0.717, 1.165) is 0 Å². The van der Waals surface area contributed by atoms with Crippen LogP contribution in [0, 0.1) is 0 Å². The molecule has 0 aliphatic carbocycles. The molecule has 71 valence electrons. The molecule has 0 bridgehead atoms. The highest BCUT2D eigenvalue weighted by molar-refractivity contribution is 7.89. The zero-order valence-corrected chi connectivity index (χ0v) is 7.97. The highest BCUT2D eigenvalue weighted by Crippen LogP contribution is 2.22. The maximum atomic E-state index is 10.9. The van der Waals surface area contributed by atoms with Crippen molar-refractivity contribution in [1.82, 2.24) is 5.14 Å². The van der Waals surface area contributed by atoms with Gasteiger partial charge in [-0.15, -0.1) is 5.14 Å². The molecule has 1 aromatic carbocycles. The Bertz CT molecular complexity index is 386. The van der Waals surface area contributed by atoms with Gasteiger partial charge in [-0.1, -0.05) is 12.1 Å². The molecule has 1 N–H and O–H groups in total. The molecule has 0 aliphatic rings. The van der Waals surface area contributed by atoms with Crippen LogP contribution in [0.5, 0.6) is 5.75 Å². The molecule has 4 nitrogen and oxygen atoms in total. The molecule has 0 spiro atoms. The first-order chi connectivity index (χ1) is 6.05. The minimum absolute atomic E-state index is 0.0862. The van der Waals surface area contributed by atoms with E-state index in [0.29, 0.717) is 6.61 Å². The van der Waals surface area contributed by atoms with Gasteiger partial charge < -0.3 is 4.74 Å². The lowest BCUT2D eigenvalue weighted by Crippen LogP contribution is -2.04. The summed E-state index contributed by atoms with van der Waals surface area (Å²) in [6.45, 7) is 2.14. The first-order valence-corrected chi connectivity index (χ1v) is 5.25. The first kappa shape index (κ1) is 10.0. The zero-order valence-electron chi connectivity index (χ0n) is 7.15. The molecule has 5 heteroatoms. The molecular weight excluding hydrogens is 190 g/mol. The van der Waals surface area contributed by atoms with E-state index in [2.05, 4.69) is 0 Å². The summed E-state index contributed by atoms with van der Waals surface area (Å²) in [5.41, 5.74) is 0. The summed E-state index contributed by atoms with van der Waals surface area (Å²) in [6, 6.07) is 6.11. The van der Waals surface area contributed by atoms with Crippen molar-refractivity contribution < 1.29 is 13.2 Å². The lowest BCUT2D eigenvalue weighted by molar-refractivity contribution is 0.331. The third-order valence-corrected chi connectivity index (χ3v) is 2.35. The fraction of sp³-hybridized carbons (Fsp3) is 0.250. The molecule has 0 saturated heterocycles. The van der Waals surface area contributed by atoms with E-state index in [1.165, 1.54) is 12.1 Å². The van der Waals surface area contributed by atoms with E-state index in [-0.39, 0.29) is 10.6 Å². The molecule has 0 saturated carbocycles. The second-order valence-corrected chi connectivity index (χ2v) is 3.83. The molecule has 0 aliphatic heterocycles. The van der Waals surface area contributed by atoms with Gasteiger partial charge in [-0.25, -0.2) is 8.42 Å². The topological polar surface area (TPSA) is 67.2 Å². The number of nitrogens with one attached hydrogen (secondary N) is 1. The number of hydrogen-bond donors (Lipinski definition) is 0. The van der Waals surface area contributed by atoms with Crippen LogP contribution in [0.2, 0.25) is 0 Å². The van der Waals surface area contributed by atoms with E-state index in [9.17, 15) is 8.42 Å². The Hall–Kier alpha value is -1.07. The summed E-state index contributed by atoms with van der Waals surface area (Å²) in [4.78, 5) is -0.0862. The standard InChI is InChI=1S/C8H10NO3S/c1-2-12-7-5-3-4-6-8(7)13(9,10)11/h3-6,9H,2H2,1H3. The van der Waals surface area contributed by atoms with Crippen molar-refractivity contribution >= 4 is 10.0 Å². The number of rotatable bonds is 3. The lowest BCUT2D eigenvalue weighted by atomic mass is 10.3. The molecule has 1 radical (unpaired) electrons. The molecule has 1 aromatic rings. The van der Waals surface area contributed by atoms with Gasteiger partial charge in [0, 0.05) is 0 Å². The van der Waals surface area contributed by atoms with Gasteiger partial charge in [-0.3, -0.25) is 0 Å². The van der Waals surface area contributed by atoms with Crippen LogP contribution in [0.25, 0.3) is 0 Å². The van der Waals surface area contributed by atoms with Crippen LogP contribution in [0.15, 0.2) is 29.2 Å². The van der Waals surface area contributed by atoms with E-state index < -0.39 is 10.0 Å². The van der Waals surface area contributed by atoms with Gasteiger partial charge >= 0.3 is 0 Å². The van der Waals surface area contributed by atoms with E-state index in [1.54, 1.807) is 19.1 Å². The van der Waals surface area contributed by atoms with Gasteiger partial charge in [0.15, 0.2) is 0 Å². The number of ether oxygens (including phenoxy) is 1. The Labute approximate surface area is 77.4 Å². The quantitative estimate of drug-likeness (QED) is 0.732. The predicted molar refractivity (Wildman–Crippen MR) is 47.9 cm³/mol. The molecule has 0 heterocycles. The largest absolute Gasteiger partial charge is 0.492 e. The average molecular weight is 200 g/mol. The number of benzene rings is 1. The van der Waals surface area contributed by atoms with Crippen molar-refractivity contribution in [2.75, 3.05) is 6.61 Å². The maximum absolute atomic E-state index is 10.9. The molecule has 0 fully saturated rings. The smallest absolute Gasteiger partial charge is 0.257 e. The van der Waals surface area contributed by atoms with Crippen LogP contribution in [-0.2, 0) is 10.0 Å². The summed E-state index contributed by atoms with van der Waals surface area (Å²) in [5.74, 6) is 0.236. The Kier molecular flexibility index (Phi) is 2.90. The molecular formula is C8H10NO3S. The molecule has 13 heavy (non-hydrogen) atoms. The second kappa shape index (κ2) is 3.76. The third kappa shape index (κ3) is 2.43. The fourth-order valence-corrected chi connectivity index (χ4v) is 1.60. The average Bonchev–Trinajstić information content (AvgIpc) is 2.04. The Balaban J connectivity index is 3.20. The van der Waals surface area contributed by atoms with Crippen molar-refractivity contribution in [3.8, 4) is 5.75 Å². The van der Waals surface area contributed by atoms with Crippen molar-refractivity contribution in [2.24, 2.45) is 0 Å². The van der Waals surface area contributed by atoms with Crippen LogP contribution in [0.4, 0.5) is 0 Å². The lowest BCUT2D eigenvalue weighted by Gasteiger charge is -2.06. The van der Waals surface area contributed by atoms with Gasteiger partial charge in [0.2, 0.25) is 0 Å². The zero-order chi connectivity index (χ0) is 9.90. The molecule has 0 aromatic heterocycles. The highest BCUT2D eigenvalue weighted by atomic mass is 32.2. The van der Waals surface area contributed by atoms with Crippen molar-refractivity contribution in [3.63, 3.8) is 0 Å². The van der Waals surface area contributed by atoms with Gasteiger partial charge in [-0.2, -0.15) is 0 Å². The summed E-state index contributed by atoms with van der Waals surface area (Å²) >= 11 is 0. The van der Waals surface area contributed by atoms with E-state index in [4.69, 9.17) is 9.88 Å². The van der Waals surface area contributed by atoms with Gasteiger partial charge in [0.1, 0.15) is 10.6 Å². The van der Waals surface area contributed by atoms with Gasteiger partial charge in [0.05, 0.1) is 6.61 Å². The summed E-state index contributed by atoms with van der Waals surface area (Å²) < 4.78 is 26.9. The number of sulfonamides is 1. The first-order valence-electron chi connectivity index (χ1n) is 3.77. The normalized spacial score (nSPS) is 11.2. The van der Waals surface area contributed by atoms with Crippen LogP contribution >= 0.6 is 0 Å². The molecule has 1 rings (SSSR count). The minimum atomic E-state index is -3.93. The Morgan fingerprint density at radius 2 is 2.00 bits per heavy atom. The summed E-state index contributed by atoms with van der Waals surface area (Å²) in [7, 11) is -3.93.